The summed E-state index contributed by atoms with van der Waals surface area (Å²) in [7, 11) is 0. The van der Waals surface area contributed by atoms with Gasteiger partial charge in [-0.1, -0.05) is 15.9 Å². The number of anilines is 1. The Morgan fingerprint density at radius 3 is 2.42 bits per heavy atom. The van der Waals surface area contributed by atoms with Gasteiger partial charge in [0, 0.05) is 23.1 Å². The fourth-order valence-electron chi connectivity index (χ4n) is 1.22. The third-order valence-electron chi connectivity index (χ3n) is 2.19. The highest BCUT2D eigenvalue weighted by atomic mass is 79.9. The number of nitrogens with two attached hydrogens (primary N) is 1. The molecule has 1 atom stereocenters. The second-order valence-electron chi connectivity index (χ2n) is 3.88. The maximum absolute atomic E-state index is 11.5. The molecule has 4 N–H and O–H groups in total. The van der Waals surface area contributed by atoms with E-state index in [9.17, 15) is 9.59 Å². The second-order valence-corrected chi connectivity index (χ2v) is 4.80. The molecule has 106 valence electrons. The fourth-order valence-corrected chi connectivity index (χ4v) is 1.48. The van der Waals surface area contributed by atoms with Crippen molar-refractivity contribution in [3.05, 3.63) is 28.7 Å². The van der Waals surface area contributed by atoms with Crippen LogP contribution >= 0.6 is 28.3 Å². The van der Waals surface area contributed by atoms with Crippen molar-refractivity contribution in [2.75, 3.05) is 11.9 Å². The van der Waals surface area contributed by atoms with Gasteiger partial charge in [-0.3, -0.25) is 9.59 Å². The van der Waals surface area contributed by atoms with Crippen molar-refractivity contribution in [1.29, 1.82) is 0 Å². The van der Waals surface area contributed by atoms with E-state index in [1.165, 1.54) is 0 Å². The number of rotatable bonds is 5. The average molecular weight is 351 g/mol. The highest BCUT2D eigenvalue weighted by molar-refractivity contribution is 9.10. The number of benzene rings is 1. The number of carbonyl (C=O) groups is 2. The van der Waals surface area contributed by atoms with Gasteiger partial charge in [0.05, 0.1) is 6.04 Å². The van der Waals surface area contributed by atoms with Gasteiger partial charge < -0.3 is 16.4 Å². The minimum atomic E-state index is -0.556. The molecule has 0 spiro atoms. The molecule has 7 heteroatoms. The number of halogens is 2. The summed E-state index contributed by atoms with van der Waals surface area (Å²) in [5.41, 5.74) is 6.10. The monoisotopic (exact) mass is 349 g/mol. The molecule has 19 heavy (non-hydrogen) atoms. The molecular weight excluding hydrogens is 334 g/mol. The third kappa shape index (κ3) is 7.15. The maximum Gasteiger partial charge on any atom is 0.236 e. The van der Waals surface area contributed by atoms with E-state index >= 15 is 0 Å². The number of hydrogen-bond acceptors (Lipinski definition) is 3. The van der Waals surface area contributed by atoms with Crippen LogP contribution in [0.15, 0.2) is 28.7 Å². The normalized spacial score (nSPS) is 11.1. The van der Waals surface area contributed by atoms with Gasteiger partial charge in [0.15, 0.2) is 0 Å². The van der Waals surface area contributed by atoms with Crippen LogP contribution in [0.3, 0.4) is 0 Å². The van der Waals surface area contributed by atoms with Gasteiger partial charge in [-0.2, -0.15) is 0 Å². The van der Waals surface area contributed by atoms with Crippen molar-refractivity contribution in [3.63, 3.8) is 0 Å². The van der Waals surface area contributed by atoms with Crippen molar-refractivity contribution in [2.24, 2.45) is 5.73 Å². The summed E-state index contributed by atoms with van der Waals surface area (Å²) < 4.78 is 0.949. The Bertz CT molecular complexity index is 423. The van der Waals surface area contributed by atoms with E-state index in [4.69, 9.17) is 5.73 Å². The van der Waals surface area contributed by atoms with E-state index < -0.39 is 6.04 Å². The highest BCUT2D eigenvalue weighted by Crippen LogP contribution is 2.14. The Balaban J connectivity index is 0.00000324. The Hall–Kier alpha value is -1.11. The van der Waals surface area contributed by atoms with E-state index in [2.05, 4.69) is 26.6 Å². The van der Waals surface area contributed by atoms with E-state index in [1.54, 1.807) is 19.1 Å². The molecule has 0 saturated heterocycles. The molecule has 0 fully saturated rings. The molecular formula is C12H17BrClN3O2. The fraction of sp³-hybridized carbons (Fsp3) is 0.333. The summed E-state index contributed by atoms with van der Waals surface area (Å²) in [6, 6.07) is 6.71. The number of nitrogens with one attached hydrogen (secondary N) is 2. The van der Waals surface area contributed by atoms with Gasteiger partial charge >= 0.3 is 0 Å². The minimum absolute atomic E-state index is 0. The number of hydrogen-bond donors (Lipinski definition) is 3. The largest absolute Gasteiger partial charge is 0.354 e. The van der Waals surface area contributed by atoms with Gasteiger partial charge in [0.1, 0.15) is 0 Å². The molecule has 0 aliphatic carbocycles. The van der Waals surface area contributed by atoms with Crippen LogP contribution in [-0.4, -0.2) is 24.4 Å². The predicted molar refractivity (Wildman–Crippen MR) is 81.3 cm³/mol. The Morgan fingerprint density at radius 2 is 1.89 bits per heavy atom. The summed E-state index contributed by atoms with van der Waals surface area (Å²) in [6.45, 7) is 1.87. The summed E-state index contributed by atoms with van der Waals surface area (Å²) >= 11 is 3.31. The van der Waals surface area contributed by atoms with E-state index in [1.807, 2.05) is 12.1 Å². The summed E-state index contributed by atoms with van der Waals surface area (Å²) in [5, 5.41) is 5.31. The van der Waals surface area contributed by atoms with Crippen LogP contribution in [0, 0.1) is 0 Å². The first-order valence-electron chi connectivity index (χ1n) is 5.58. The molecule has 0 unspecified atom stereocenters. The molecule has 0 saturated carbocycles. The van der Waals surface area contributed by atoms with E-state index in [0.29, 0.717) is 0 Å². The van der Waals surface area contributed by atoms with Gasteiger partial charge in [0.2, 0.25) is 11.8 Å². The molecule has 5 nitrogen and oxygen atoms in total. The van der Waals surface area contributed by atoms with Crippen LogP contribution in [0.5, 0.6) is 0 Å². The summed E-state index contributed by atoms with van der Waals surface area (Å²) in [4.78, 5) is 22.7. The number of amides is 2. The smallest absolute Gasteiger partial charge is 0.236 e. The first-order chi connectivity index (χ1) is 8.49. The Labute approximate surface area is 126 Å². The lowest BCUT2D eigenvalue weighted by Crippen LogP contribution is -2.39. The topological polar surface area (TPSA) is 84.2 Å². The quantitative estimate of drug-likeness (QED) is 0.755. The minimum Gasteiger partial charge on any atom is -0.354 e. The van der Waals surface area contributed by atoms with Crippen LogP contribution in [0.25, 0.3) is 0 Å². The van der Waals surface area contributed by atoms with Crippen LogP contribution < -0.4 is 16.4 Å². The molecule has 0 bridgehead atoms. The molecule has 0 radical (unpaired) electrons. The number of carbonyl (C=O) groups excluding carboxylic acids is 2. The molecule has 1 rings (SSSR count). The van der Waals surface area contributed by atoms with Crippen molar-refractivity contribution in [1.82, 2.24) is 5.32 Å². The predicted octanol–water partition coefficient (Wildman–Crippen LogP) is 1.66. The van der Waals surface area contributed by atoms with E-state index in [-0.39, 0.29) is 37.2 Å². The lowest BCUT2D eigenvalue weighted by molar-refractivity contribution is -0.122. The van der Waals surface area contributed by atoms with Crippen molar-refractivity contribution in [3.8, 4) is 0 Å². The molecule has 0 aromatic heterocycles. The SMILES string of the molecule is C[C@H](N)C(=O)NCCC(=O)Nc1ccc(Br)cc1.Cl. The van der Waals surface area contributed by atoms with Crippen molar-refractivity contribution < 1.29 is 9.59 Å². The third-order valence-corrected chi connectivity index (χ3v) is 2.72. The molecule has 0 aliphatic heterocycles. The van der Waals surface area contributed by atoms with Gasteiger partial charge in [-0.15, -0.1) is 12.4 Å². The van der Waals surface area contributed by atoms with Gasteiger partial charge in [0.25, 0.3) is 0 Å². The maximum atomic E-state index is 11.5. The molecule has 0 aliphatic rings. The van der Waals surface area contributed by atoms with Crippen LogP contribution in [-0.2, 0) is 9.59 Å². The second kappa shape index (κ2) is 8.90. The lowest BCUT2D eigenvalue weighted by Gasteiger charge is -2.08. The van der Waals surface area contributed by atoms with Gasteiger partial charge in [-0.05, 0) is 31.2 Å². The van der Waals surface area contributed by atoms with Crippen LogP contribution in [0.4, 0.5) is 5.69 Å². The van der Waals surface area contributed by atoms with Gasteiger partial charge in [-0.25, -0.2) is 0 Å². The molecule has 1 aromatic rings. The van der Waals surface area contributed by atoms with Crippen LogP contribution in [0.1, 0.15) is 13.3 Å². The summed E-state index contributed by atoms with van der Waals surface area (Å²) in [6.07, 6.45) is 0.217. The molecule has 1 aromatic carbocycles. The Morgan fingerprint density at radius 1 is 1.32 bits per heavy atom. The highest BCUT2D eigenvalue weighted by Gasteiger charge is 2.07. The Kier molecular flexibility index (Phi) is 8.38. The van der Waals surface area contributed by atoms with Crippen molar-refractivity contribution in [2.45, 2.75) is 19.4 Å². The lowest BCUT2D eigenvalue weighted by atomic mass is 10.3. The molecule has 2 amide bonds. The molecule has 0 heterocycles. The van der Waals surface area contributed by atoms with E-state index in [0.717, 1.165) is 10.2 Å². The zero-order valence-corrected chi connectivity index (χ0v) is 12.9. The summed E-state index contributed by atoms with van der Waals surface area (Å²) in [5.74, 6) is -0.409. The average Bonchev–Trinajstić information content (AvgIpc) is 2.32. The van der Waals surface area contributed by atoms with Crippen molar-refractivity contribution >= 4 is 45.8 Å². The van der Waals surface area contributed by atoms with Crippen LogP contribution in [0.2, 0.25) is 0 Å². The first-order valence-corrected chi connectivity index (χ1v) is 6.37. The zero-order valence-electron chi connectivity index (χ0n) is 10.5. The zero-order chi connectivity index (χ0) is 13.5. The first kappa shape index (κ1) is 17.9. The standard InChI is InChI=1S/C12H16BrN3O2.ClH/c1-8(14)12(18)15-7-6-11(17)16-10-4-2-9(13)3-5-10;/h2-5,8H,6-7,14H2,1H3,(H,15,18)(H,16,17);1H/t8-;/m0./s1.